The van der Waals surface area contributed by atoms with E-state index in [1.807, 2.05) is 6.92 Å². The van der Waals surface area contributed by atoms with Crippen molar-refractivity contribution in [1.29, 1.82) is 0 Å². The van der Waals surface area contributed by atoms with Crippen LogP contribution in [-0.2, 0) is 4.79 Å². The molecule has 2 rings (SSSR count). The molecule has 1 aromatic heterocycles. The zero-order valence-corrected chi connectivity index (χ0v) is 8.26. The van der Waals surface area contributed by atoms with Crippen molar-refractivity contribution < 1.29 is 9.21 Å². The lowest BCUT2D eigenvalue weighted by atomic mass is 10.4. The molecule has 1 aromatic rings. The van der Waals surface area contributed by atoms with Crippen LogP contribution >= 0.6 is 11.8 Å². The second kappa shape index (κ2) is 3.54. The summed E-state index contributed by atoms with van der Waals surface area (Å²) in [5.74, 6) is 0.362. The molecule has 1 fully saturated rings. The van der Waals surface area contributed by atoms with Crippen LogP contribution in [0.5, 0.6) is 0 Å². The van der Waals surface area contributed by atoms with Gasteiger partial charge in [0.2, 0.25) is 0 Å². The number of aromatic nitrogens is 1. The Bertz CT molecular complexity index is 321. The first kappa shape index (κ1) is 8.81. The van der Waals surface area contributed by atoms with Crippen LogP contribution in [0.25, 0.3) is 0 Å². The monoisotopic (exact) mass is 197 g/mol. The Balaban J connectivity index is 1.95. The molecule has 13 heavy (non-hydrogen) atoms. The second-order valence-electron chi connectivity index (χ2n) is 3.28. The molecule has 0 amide bonds. The van der Waals surface area contributed by atoms with Crippen molar-refractivity contribution in [2.24, 2.45) is 0 Å². The van der Waals surface area contributed by atoms with E-state index in [4.69, 9.17) is 4.42 Å². The van der Waals surface area contributed by atoms with Crippen molar-refractivity contribution >= 4 is 17.5 Å². The molecule has 0 saturated heterocycles. The first-order valence-corrected chi connectivity index (χ1v) is 5.22. The highest BCUT2D eigenvalue weighted by Gasteiger charge is 2.24. The smallest absolute Gasteiger partial charge is 0.256 e. The summed E-state index contributed by atoms with van der Waals surface area (Å²) in [7, 11) is 0. The predicted octanol–water partition coefficient (Wildman–Crippen LogP) is 2.20. The summed E-state index contributed by atoms with van der Waals surface area (Å²) >= 11 is 1.58. The Morgan fingerprint density at radius 3 is 3.08 bits per heavy atom. The molecule has 70 valence electrons. The molecule has 3 nitrogen and oxygen atoms in total. The van der Waals surface area contributed by atoms with Gasteiger partial charge in [0.25, 0.3) is 5.22 Å². The highest BCUT2D eigenvalue weighted by atomic mass is 32.2. The van der Waals surface area contributed by atoms with E-state index >= 15 is 0 Å². The SMILES string of the molecule is Cc1coc(SC2CCC(=O)C2)n1. The van der Waals surface area contributed by atoms with Crippen molar-refractivity contribution in [3.05, 3.63) is 12.0 Å². The fourth-order valence-corrected chi connectivity index (χ4v) is 2.50. The molecule has 1 aliphatic rings. The molecule has 0 bridgehead atoms. The van der Waals surface area contributed by atoms with E-state index in [9.17, 15) is 4.79 Å². The van der Waals surface area contributed by atoms with Gasteiger partial charge in [0.15, 0.2) is 0 Å². The number of thioether (sulfide) groups is 1. The Kier molecular flexibility index (Phi) is 2.40. The molecule has 1 unspecified atom stereocenters. The van der Waals surface area contributed by atoms with Gasteiger partial charge in [-0.2, -0.15) is 0 Å². The lowest BCUT2D eigenvalue weighted by Gasteiger charge is -2.01. The van der Waals surface area contributed by atoms with Crippen LogP contribution in [0.1, 0.15) is 25.0 Å². The molecular weight excluding hydrogens is 186 g/mol. The molecule has 1 heterocycles. The molecule has 0 spiro atoms. The maximum Gasteiger partial charge on any atom is 0.256 e. The van der Waals surface area contributed by atoms with E-state index in [2.05, 4.69) is 4.98 Å². The zero-order chi connectivity index (χ0) is 9.26. The fourth-order valence-electron chi connectivity index (χ4n) is 1.41. The van der Waals surface area contributed by atoms with Crippen LogP contribution in [0.2, 0.25) is 0 Å². The van der Waals surface area contributed by atoms with Gasteiger partial charge in [-0.05, 0) is 13.3 Å². The minimum Gasteiger partial charge on any atom is -0.440 e. The van der Waals surface area contributed by atoms with Gasteiger partial charge in [-0.15, -0.1) is 0 Å². The molecule has 4 heteroatoms. The maximum atomic E-state index is 11.0. The minimum atomic E-state index is 0.362. The summed E-state index contributed by atoms with van der Waals surface area (Å²) in [6, 6.07) is 0. The largest absolute Gasteiger partial charge is 0.440 e. The topological polar surface area (TPSA) is 43.1 Å². The van der Waals surface area contributed by atoms with Crippen molar-refractivity contribution in [3.63, 3.8) is 0 Å². The summed E-state index contributed by atoms with van der Waals surface area (Å²) in [6.45, 7) is 1.90. The quantitative estimate of drug-likeness (QED) is 0.729. The number of oxazole rings is 1. The van der Waals surface area contributed by atoms with E-state index in [0.29, 0.717) is 22.7 Å². The van der Waals surface area contributed by atoms with Gasteiger partial charge in [0.1, 0.15) is 12.0 Å². The number of hydrogen-bond donors (Lipinski definition) is 0. The van der Waals surface area contributed by atoms with Crippen LogP contribution < -0.4 is 0 Å². The second-order valence-corrected chi connectivity index (χ2v) is 4.53. The van der Waals surface area contributed by atoms with Crippen molar-refractivity contribution in [2.45, 2.75) is 36.7 Å². The average molecular weight is 197 g/mol. The van der Waals surface area contributed by atoms with Crippen molar-refractivity contribution in [2.75, 3.05) is 0 Å². The Labute approximate surface area is 80.9 Å². The highest BCUT2D eigenvalue weighted by molar-refractivity contribution is 7.99. The highest BCUT2D eigenvalue weighted by Crippen LogP contribution is 2.32. The van der Waals surface area contributed by atoms with E-state index in [1.54, 1.807) is 18.0 Å². The van der Waals surface area contributed by atoms with Crippen LogP contribution in [0, 0.1) is 6.92 Å². The van der Waals surface area contributed by atoms with Gasteiger partial charge in [-0.3, -0.25) is 4.79 Å². The number of nitrogens with zero attached hydrogens (tertiary/aromatic N) is 1. The Morgan fingerprint density at radius 2 is 2.54 bits per heavy atom. The molecule has 0 N–H and O–H groups in total. The van der Waals surface area contributed by atoms with Crippen molar-refractivity contribution in [3.8, 4) is 0 Å². The third kappa shape index (κ3) is 2.12. The molecule has 1 saturated carbocycles. The number of carbonyl (C=O) groups excluding carboxylic acids is 1. The first-order valence-electron chi connectivity index (χ1n) is 4.34. The Hall–Kier alpha value is -0.770. The van der Waals surface area contributed by atoms with Crippen LogP contribution in [-0.4, -0.2) is 16.0 Å². The fraction of sp³-hybridized carbons (Fsp3) is 0.556. The molecule has 0 aliphatic heterocycles. The predicted molar refractivity (Wildman–Crippen MR) is 49.7 cm³/mol. The minimum absolute atomic E-state index is 0.362. The van der Waals surface area contributed by atoms with Gasteiger partial charge < -0.3 is 4.42 Å². The summed E-state index contributed by atoms with van der Waals surface area (Å²) in [5, 5.41) is 1.07. The molecule has 0 aromatic carbocycles. The maximum absolute atomic E-state index is 11.0. The standard InChI is InChI=1S/C9H11NO2S/c1-6-5-12-9(10-6)13-8-3-2-7(11)4-8/h5,8H,2-4H2,1H3. The first-order chi connectivity index (χ1) is 6.24. The van der Waals surface area contributed by atoms with E-state index in [-0.39, 0.29) is 0 Å². The third-order valence-electron chi connectivity index (χ3n) is 2.07. The zero-order valence-electron chi connectivity index (χ0n) is 7.45. The molecule has 1 aliphatic carbocycles. The van der Waals surface area contributed by atoms with E-state index in [1.165, 1.54) is 0 Å². The number of ketones is 1. The normalized spacial score (nSPS) is 22.5. The summed E-state index contributed by atoms with van der Waals surface area (Å²) < 4.78 is 5.20. The van der Waals surface area contributed by atoms with Gasteiger partial charge >= 0.3 is 0 Å². The summed E-state index contributed by atoms with van der Waals surface area (Å²) in [6.07, 6.45) is 3.99. The third-order valence-corrected chi connectivity index (χ3v) is 3.19. The van der Waals surface area contributed by atoms with Gasteiger partial charge in [0, 0.05) is 18.1 Å². The molecular formula is C9H11NO2S. The van der Waals surface area contributed by atoms with Crippen LogP contribution in [0.4, 0.5) is 0 Å². The van der Waals surface area contributed by atoms with E-state index < -0.39 is 0 Å². The number of hydrogen-bond acceptors (Lipinski definition) is 4. The number of carbonyl (C=O) groups is 1. The van der Waals surface area contributed by atoms with Crippen LogP contribution in [0.3, 0.4) is 0 Å². The lowest BCUT2D eigenvalue weighted by Crippen LogP contribution is -1.95. The lowest BCUT2D eigenvalue weighted by molar-refractivity contribution is -0.117. The number of Topliss-reactive ketones (excluding diaryl/α,β-unsaturated/α-hetero) is 1. The van der Waals surface area contributed by atoms with Gasteiger partial charge in [0.05, 0.1) is 5.69 Å². The molecule has 1 atom stereocenters. The molecule has 0 radical (unpaired) electrons. The number of aryl methyl sites for hydroxylation is 1. The summed E-state index contributed by atoms with van der Waals surface area (Å²) in [4.78, 5) is 15.2. The van der Waals surface area contributed by atoms with Crippen molar-refractivity contribution in [1.82, 2.24) is 4.98 Å². The summed E-state index contributed by atoms with van der Waals surface area (Å²) in [5.41, 5.74) is 0.895. The van der Waals surface area contributed by atoms with Crippen LogP contribution in [0.15, 0.2) is 15.9 Å². The van der Waals surface area contributed by atoms with E-state index in [0.717, 1.165) is 18.5 Å². The average Bonchev–Trinajstić information content (AvgIpc) is 2.62. The number of rotatable bonds is 2. The van der Waals surface area contributed by atoms with Gasteiger partial charge in [-0.25, -0.2) is 4.98 Å². The van der Waals surface area contributed by atoms with Gasteiger partial charge in [-0.1, -0.05) is 11.8 Å². The Morgan fingerprint density at radius 1 is 1.69 bits per heavy atom.